The summed E-state index contributed by atoms with van der Waals surface area (Å²) in [7, 11) is 0. The zero-order valence-electron chi connectivity index (χ0n) is 14.3. The number of aryl methyl sites for hydroxylation is 2. The Labute approximate surface area is 146 Å². The van der Waals surface area contributed by atoms with E-state index >= 15 is 0 Å². The average molecular weight is 337 g/mol. The third-order valence-electron chi connectivity index (χ3n) is 3.91. The molecule has 0 aliphatic carbocycles. The second-order valence-corrected chi connectivity index (χ2v) is 5.86. The highest BCUT2D eigenvalue weighted by atomic mass is 19.1. The first kappa shape index (κ1) is 16.8. The molecule has 0 amide bonds. The average Bonchev–Trinajstić information content (AvgIpc) is 2.60. The molecule has 0 saturated heterocycles. The van der Waals surface area contributed by atoms with Crippen LogP contribution in [0.15, 0.2) is 48.7 Å². The Balaban J connectivity index is 1.62. The van der Waals surface area contributed by atoms with Gasteiger partial charge in [0.2, 0.25) is 5.95 Å². The number of anilines is 3. The molecule has 0 radical (unpaired) electrons. The smallest absolute Gasteiger partial charge is 0.249 e. The maximum absolute atomic E-state index is 12.9. The summed E-state index contributed by atoms with van der Waals surface area (Å²) in [6.07, 6.45) is 2.35. The van der Waals surface area contributed by atoms with Crippen LogP contribution in [-0.4, -0.2) is 21.7 Å². The molecule has 3 rings (SSSR count). The van der Waals surface area contributed by atoms with Crippen molar-refractivity contribution in [3.05, 3.63) is 71.2 Å². The van der Waals surface area contributed by atoms with Crippen molar-refractivity contribution in [3.63, 3.8) is 0 Å². The Morgan fingerprint density at radius 1 is 1.00 bits per heavy atom. The van der Waals surface area contributed by atoms with Crippen LogP contribution in [0.3, 0.4) is 0 Å². The summed E-state index contributed by atoms with van der Waals surface area (Å²) in [4.78, 5) is 4.44. The van der Waals surface area contributed by atoms with Gasteiger partial charge in [-0.3, -0.25) is 0 Å². The van der Waals surface area contributed by atoms with E-state index in [4.69, 9.17) is 0 Å². The summed E-state index contributed by atoms with van der Waals surface area (Å²) in [5.41, 5.74) is 4.30. The monoisotopic (exact) mass is 337 g/mol. The number of para-hydroxylation sites is 1. The minimum atomic E-state index is -0.223. The van der Waals surface area contributed by atoms with Gasteiger partial charge in [0.05, 0.1) is 6.20 Å². The molecule has 25 heavy (non-hydrogen) atoms. The molecule has 0 atom stereocenters. The van der Waals surface area contributed by atoms with Crippen LogP contribution in [0.25, 0.3) is 0 Å². The molecule has 2 aromatic carbocycles. The molecule has 6 heteroatoms. The Morgan fingerprint density at radius 3 is 2.44 bits per heavy atom. The van der Waals surface area contributed by atoms with Crippen molar-refractivity contribution in [2.75, 3.05) is 17.2 Å². The summed E-state index contributed by atoms with van der Waals surface area (Å²) in [6.45, 7) is 4.74. The normalized spacial score (nSPS) is 10.5. The molecule has 0 saturated carbocycles. The van der Waals surface area contributed by atoms with Gasteiger partial charge in [0, 0.05) is 12.2 Å². The predicted octanol–water partition coefficient (Wildman–Crippen LogP) is 4.03. The standard InChI is InChI=1S/C19H20FN5/c1-13-4-3-5-14(2)18(13)24-19-23-17(12-22-25-19)21-11-10-15-6-8-16(20)9-7-15/h3-9,12H,10-11H2,1-2H3,(H2,21,23,24,25). The maximum atomic E-state index is 12.9. The number of rotatable bonds is 6. The highest BCUT2D eigenvalue weighted by Crippen LogP contribution is 2.22. The van der Waals surface area contributed by atoms with Gasteiger partial charge in [0.15, 0.2) is 5.82 Å². The molecule has 5 nitrogen and oxygen atoms in total. The lowest BCUT2D eigenvalue weighted by Crippen LogP contribution is -2.09. The minimum Gasteiger partial charge on any atom is -0.368 e. The molecule has 1 aromatic heterocycles. The van der Waals surface area contributed by atoms with Crippen LogP contribution in [0, 0.1) is 19.7 Å². The molecule has 0 aliphatic heterocycles. The quantitative estimate of drug-likeness (QED) is 0.711. The van der Waals surface area contributed by atoms with E-state index in [1.807, 2.05) is 32.0 Å². The molecule has 0 fully saturated rings. The topological polar surface area (TPSA) is 62.7 Å². The van der Waals surface area contributed by atoms with Gasteiger partial charge in [0.25, 0.3) is 0 Å². The van der Waals surface area contributed by atoms with E-state index in [0.29, 0.717) is 18.3 Å². The first-order valence-electron chi connectivity index (χ1n) is 8.13. The zero-order valence-corrected chi connectivity index (χ0v) is 14.3. The lowest BCUT2D eigenvalue weighted by Gasteiger charge is -2.11. The first-order chi connectivity index (χ1) is 12.1. The number of hydrogen-bond donors (Lipinski definition) is 2. The molecule has 0 unspecified atom stereocenters. The van der Waals surface area contributed by atoms with Crippen molar-refractivity contribution in [2.45, 2.75) is 20.3 Å². The first-order valence-corrected chi connectivity index (χ1v) is 8.13. The molecular formula is C19H20FN5. The summed E-state index contributed by atoms with van der Waals surface area (Å²) >= 11 is 0. The molecule has 0 bridgehead atoms. The molecule has 128 valence electrons. The fraction of sp³-hybridized carbons (Fsp3) is 0.211. The van der Waals surface area contributed by atoms with Gasteiger partial charge in [0.1, 0.15) is 5.82 Å². The Hall–Kier alpha value is -3.02. The fourth-order valence-corrected chi connectivity index (χ4v) is 2.55. The zero-order chi connectivity index (χ0) is 17.6. The second kappa shape index (κ2) is 7.70. The predicted molar refractivity (Wildman–Crippen MR) is 97.6 cm³/mol. The number of nitrogens with zero attached hydrogens (tertiary/aromatic N) is 3. The summed E-state index contributed by atoms with van der Waals surface area (Å²) in [5, 5.41) is 14.5. The second-order valence-electron chi connectivity index (χ2n) is 5.86. The van der Waals surface area contributed by atoms with E-state index in [1.165, 1.54) is 12.1 Å². The third kappa shape index (κ3) is 4.50. The van der Waals surface area contributed by atoms with E-state index in [0.717, 1.165) is 28.8 Å². The number of hydrogen-bond acceptors (Lipinski definition) is 5. The maximum Gasteiger partial charge on any atom is 0.249 e. The number of aromatic nitrogens is 3. The fourth-order valence-electron chi connectivity index (χ4n) is 2.55. The summed E-state index contributed by atoms with van der Waals surface area (Å²) in [6, 6.07) is 12.6. The number of halogens is 1. The van der Waals surface area contributed by atoms with Crippen molar-refractivity contribution in [3.8, 4) is 0 Å². The van der Waals surface area contributed by atoms with Crippen molar-refractivity contribution < 1.29 is 4.39 Å². The van der Waals surface area contributed by atoms with E-state index in [1.54, 1.807) is 18.3 Å². The van der Waals surface area contributed by atoms with Crippen molar-refractivity contribution >= 4 is 17.5 Å². The highest BCUT2D eigenvalue weighted by Gasteiger charge is 2.06. The van der Waals surface area contributed by atoms with Crippen LogP contribution in [0.2, 0.25) is 0 Å². The van der Waals surface area contributed by atoms with Crippen LogP contribution < -0.4 is 10.6 Å². The summed E-state index contributed by atoms with van der Waals surface area (Å²) in [5.74, 6) is 0.869. The van der Waals surface area contributed by atoms with Gasteiger partial charge in [-0.05, 0) is 49.1 Å². The SMILES string of the molecule is Cc1cccc(C)c1Nc1nncc(NCCc2ccc(F)cc2)n1. The van der Waals surface area contributed by atoms with Gasteiger partial charge < -0.3 is 10.6 Å². The molecule has 2 N–H and O–H groups in total. The molecule has 1 heterocycles. The Kier molecular flexibility index (Phi) is 5.18. The lowest BCUT2D eigenvalue weighted by molar-refractivity contribution is 0.627. The van der Waals surface area contributed by atoms with Gasteiger partial charge in [-0.15, -0.1) is 5.10 Å². The Morgan fingerprint density at radius 2 is 1.72 bits per heavy atom. The Bertz CT molecular complexity index is 828. The van der Waals surface area contributed by atoms with E-state index < -0.39 is 0 Å². The molecule has 0 spiro atoms. The van der Waals surface area contributed by atoms with Crippen molar-refractivity contribution in [1.29, 1.82) is 0 Å². The largest absolute Gasteiger partial charge is 0.368 e. The van der Waals surface area contributed by atoms with Gasteiger partial charge in [-0.25, -0.2) is 4.39 Å². The van der Waals surface area contributed by atoms with Crippen molar-refractivity contribution in [2.24, 2.45) is 0 Å². The molecule has 3 aromatic rings. The highest BCUT2D eigenvalue weighted by molar-refractivity contribution is 5.63. The van der Waals surface area contributed by atoms with Crippen LogP contribution in [0.4, 0.5) is 21.8 Å². The van der Waals surface area contributed by atoms with Crippen LogP contribution in [0.1, 0.15) is 16.7 Å². The van der Waals surface area contributed by atoms with Crippen LogP contribution >= 0.6 is 0 Å². The molecular weight excluding hydrogens is 317 g/mol. The molecule has 0 aliphatic rings. The van der Waals surface area contributed by atoms with Crippen LogP contribution in [0.5, 0.6) is 0 Å². The number of nitrogens with one attached hydrogen (secondary N) is 2. The van der Waals surface area contributed by atoms with Gasteiger partial charge >= 0.3 is 0 Å². The van der Waals surface area contributed by atoms with E-state index in [-0.39, 0.29) is 5.82 Å². The summed E-state index contributed by atoms with van der Waals surface area (Å²) < 4.78 is 12.9. The van der Waals surface area contributed by atoms with Gasteiger partial charge in [-0.2, -0.15) is 10.1 Å². The van der Waals surface area contributed by atoms with E-state index in [2.05, 4.69) is 25.8 Å². The van der Waals surface area contributed by atoms with E-state index in [9.17, 15) is 4.39 Å². The van der Waals surface area contributed by atoms with Crippen molar-refractivity contribution in [1.82, 2.24) is 15.2 Å². The lowest BCUT2D eigenvalue weighted by atomic mass is 10.1. The number of benzene rings is 2. The van der Waals surface area contributed by atoms with Crippen LogP contribution in [-0.2, 0) is 6.42 Å². The minimum absolute atomic E-state index is 0.223. The third-order valence-corrected chi connectivity index (χ3v) is 3.91. The van der Waals surface area contributed by atoms with Gasteiger partial charge in [-0.1, -0.05) is 30.3 Å².